The summed E-state index contributed by atoms with van der Waals surface area (Å²) in [6, 6.07) is 7.42. The SMILES string of the molecule is Cc1nc(C)c(C(=O)N2CCCC2c2nc(N(C)C)ncc2-c2ccc(Cl)cc2)o1. The standard InChI is InChI=1S/C22H24ClN5O2/c1-13-20(30-14(2)25-13)21(29)28-11-5-6-18(28)19-17(12-24-22(26-19)27(3)4)15-7-9-16(23)10-8-15/h7-10,12,18H,5-6,11H2,1-4H3. The zero-order chi connectivity index (χ0) is 21.4. The van der Waals surface area contributed by atoms with E-state index >= 15 is 0 Å². The van der Waals surface area contributed by atoms with E-state index < -0.39 is 0 Å². The largest absolute Gasteiger partial charge is 0.436 e. The molecule has 1 atom stereocenters. The number of aryl methyl sites for hydroxylation is 2. The molecule has 8 heteroatoms. The van der Waals surface area contributed by atoms with Gasteiger partial charge in [-0.2, -0.15) is 0 Å². The third kappa shape index (κ3) is 3.77. The number of carbonyl (C=O) groups is 1. The highest BCUT2D eigenvalue weighted by molar-refractivity contribution is 6.30. The molecule has 1 aromatic carbocycles. The van der Waals surface area contributed by atoms with Gasteiger partial charge in [-0.15, -0.1) is 0 Å². The van der Waals surface area contributed by atoms with E-state index in [-0.39, 0.29) is 11.9 Å². The molecule has 3 aromatic rings. The molecule has 1 unspecified atom stereocenters. The molecule has 0 spiro atoms. The van der Waals surface area contributed by atoms with Crippen LogP contribution in [0.5, 0.6) is 0 Å². The van der Waals surface area contributed by atoms with Crippen molar-refractivity contribution in [1.29, 1.82) is 0 Å². The van der Waals surface area contributed by atoms with E-state index in [1.54, 1.807) is 13.8 Å². The van der Waals surface area contributed by atoms with Crippen molar-refractivity contribution in [3.8, 4) is 11.1 Å². The van der Waals surface area contributed by atoms with Crippen molar-refractivity contribution in [3.63, 3.8) is 0 Å². The topological polar surface area (TPSA) is 75.4 Å². The molecule has 0 N–H and O–H groups in total. The lowest BCUT2D eigenvalue weighted by Crippen LogP contribution is -2.32. The van der Waals surface area contributed by atoms with Crippen LogP contribution in [0.4, 0.5) is 5.95 Å². The third-order valence-corrected chi connectivity index (χ3v) is 5.54. The maximum atomic E-state index is 13.3. The lowest BCUT2D eigenvalue weighted by molar-refractivity contribution is 0.0698. The minimum absolute atomic E-state index is 0.150. The van der Waals surface area contributed by atoms with Crippen LogP contribution in [-0.2, 0) is 0 Å². The zero-order valence-electron chi connectivity index (χ0n) is 17.5. The number of benzene rings is 1. The minimum Gasteiger partial charge on any atom is -0.436 e. The van der Waals surface area contributed by atoms with Crippen LogP contribution in [-0.4, -0.2) is 46.4 Å². The first-order chi connectivity index (χ1) is 14.3. The van der Waals surface area contributed by atoms with Gasteiger partial charge >= 0.3 is 0 Å². The summed E-state index contributed by atoms with van der Waals surface area (Å²) in [4.78, 5) is 30.6. The van der Waals surface area contributed by atoms with Crippen LogP contribution in [0.3, 0.4) is 0 Å². The molecular weight excluding hydrogens is 402 g/mol. The number of likely N-dealkylation sites (tertiary alicyclic amines) is 1. The maximum Gasteiger partial charge on any atom is 0.292 e. The predicted molar refractivity (Wildman–Crippen MR) is 116 cm³/mol. The Morgan fingerprint density at radius 3 is 2.57 bits per heavy atom. The Morgan fingerprint density at radius 2 is 1.93 bits per heavy atom. The second-order valence-corrected chi connectivity index (χ2v) is 8.11. The molecule has 1 amide bonds. The highest BCUT2D eigenvalue weighted by Crippen LogP contribution is 2.38. The van der Waals surface area contributed by atoms with E-state index in [0.717, 1.165) is 29.7 Å². The number of anilines is 1. The van der Waals surface area contributed by atoms with Crippen LogP contribution in [0.1, 0.15) is 46.7 Å². The number of amides is 1. The van der Waals surface area contributed by atoms with E-state index in [1.165, 1.54) is 0 Å². The zero-order valence-corrected chi connectivity index (χ0v) is 18.3. The van der Waals surface area contributed by atoms with Crippen molar-refractivity contribution in [1.82, 2.24) is 19.9 Å². The summed E-state index contributed by atoms with van der Waals surface area (Å²) in [6.45, 7) is 4.19. The van der Waals surface area contributed by atoms with Gasteiger partial charge in [0, 0.05) is 44.3 Å². The molecule has 1 fully saturated rings. The third-order valence-electron chi connectivity index (χ3n) is 5.29. The first kappa shape index (κ1) is 20.3. The fraction of sp³-hybridized carbons (Fsp3) is 0.364. The maximum absolute atomic E-state index is 13.3. The van der Waals surface area contributed by atoms with Crippen LogP contribution in [0.15, 0.2) is 34.9 Å². The summed E-state index contributed by atoms with van der Waals surface area (Å²) in [5, 5.41) is 0.667. The Labute approximate surface area is 180 Å². The monoisotopic (exact) mass is 425 g/mol. The Morgan fingerprint density at radius 1 is 1.20 bits per heavy atom. The lowest BCUT2D eigenvalue weighted by Gasteiger charge is -2.26. The molecule has 0 aliphatic carbocycles. The number of oxazole rings is 1. The van der Waals surface area contributed by atoms with E-state index in [0.29, 0.717) is 34.9 Å². The van der Waals surface area contributed by atoms with Crippen molar-refractivity contribution in [3.05, 3.63) is 58.5 Å². The summed E-state index contributed by atoms with van der Waals surface area (Å²) in [6.07, 6.45) is 3.54. The number of aromatic nitrogens is 3. The fourth-order valence-corrected chi connectivity index (χ4v) is 3.99. The molecule has 0 radical (unpaired) electrons. The van der Waals surface area contributed by atoms with Gasteiger partial charge < -0.3 is 14.2 Å². The molecule has 2 aromatic heterocycles. The number of carbonyl (C=O) groups excluding carboxylic acids is 1. The van der Waals surface area contributed by atoms with Gasteiger partial charge in [-0.1, -0.05) is 23.7 Å². The fourth-order valence-electron chi connectivity index (χ4n) is 3.86. The van der Waals surface area contributed by atoms with E-state index in [1.807, 2.05) is 54.4 Å². The molecule has 1 aliphatic rings. The second-order valence-electron chi connectivity index (χ2n) is 7.67. The summed E-state index contributed by atoms with van der Waals surface area (Å²) >= 11 is 6.08. The Balaban J connectivity index is 1.78. The van der Waals surface area contributed by atoms with Gasteiger partial charge in [0.2, 0.25) is 11.7 Å². The Bertz CT molecular complexity index is 1080. The average molecular weight is 426 g/mol. The number of nitrogens with zero attached hydrogens (tertiary/aromatic N) is 5. The van der Waals surface area contributed by atoms with E-state index in [9.17, 15) is 4.79 Å². The number of hydrogen-bond donors (Lipinski definition) is 0. The summed E-state index contributed by atoms with van der Waals surface area (Å²) in [5.74, 6) is 1.25. The molecule has 1 saturated heterocycles. The van der Waals surface area contributed by atoms with Crippen molar-refractivity contribution >= 4 is 23.5 Å². The van der Waals surface area contributed by atoms with Crippen LogP contribution in [0, 0.1) is 13.8 Å². The Hall–Kier alpha value is -2.93. The molecular formula is C22H24ClN5O2. The highest BCUT2D eigenvalue weighted by atomic mass is 35.5. The molecule has 0 saturated carbocycles. The van der Waals surface area contributed by atoms with Crippen molar-refractivity contribution in [2.45, 2.75) is 32.7 Å². The van der Waals surface area contributed by atoms with Gasteiger partial charge in [-0.05, 0) is 37.5 Å². The molecule has 3 heterocycles. The van der Waals surface area contributed by atoms with Gasteiger partial charge in [0.25, 0.3) is 5.91 Å². The number of halogens is 1. The molecule has 7 nitrogen and oxygen atoms in total. The molecule has 4 rings (SSSR count). The van der Waals surface area contributed by atoms with Gasteiger partial charge in [0.15, 0.2) is 5.89 Å². The molecule has 156 valence electrons. The lowest BCUT2D eigenvalue weighted by atomic mass is 9.99. The second kappa shape index (κ2) is 8.07. The van der Waals surface area contributed by atoms with E-state index in [2.05, 4.69) is 9.97 Å². The van der Waals surface area contributed by atoms with Gasteiger partial charge in [-0.25, -0.2) is 15.0 Å². The number of hydrogen-bond acceptors (Lipinski definition) is 6. The number of rotatable bonds is 4. The Kier molecular flexibility index (Phi) is 5.47. The molecule has 0 bridgehead atoms. The van der Waals surface area contributed by atoms with Crippen LogP contribution >= 0.6 is 11.6 Å². The van der Waals surface area contributed by atoms with Crippen LogP contribution in [0.2, 0.25) is 5.02 Å². The highest BCUT2D eigenvalue weighted by Gasteiger charge is 2.36. The first-order valence-corrected chi connectivity index (χ1v) is 10.3. The predicted octanol–water partition coefficient (Wildman–Crippen LogP) is 4.45. The van der Waals surface area contributed by atoms with Crippen molar-refractivity contribution in [2.75, 3.05) is 25.5 Å². The van der Waals surface area contributed by atoms with Gasteiger partial charge in [0.05, 0.1) is 17.4 Å². The summed E-state index contributed by atoms with van der Waals surface area (Å²) in [7, 11) is 3.80. The minimum atomic E-state index is -0.172. The van der Waals surface area contributed by atoms with E-state index in [4.69, 9.17) is 21.0 Å². The van der Waals surface area contributed by atoms with Gasteiger partial charge in [0.1, 0.15) is 0 Å². The average Bonchev–Trinajstić information content (AvgIpc) is 3.34. The smallest absolute Gasteiger partial charge is 0.292 e. The van der Waals surface area contributed by atoms with Crippen molar-refractivity contribution in [2.24, 2.45) is 0 Å². The summed E-state index contributed by atoms with van der Waals surface area (Å²) < 4.78 is 5.60. The molecule has 1 aliphatic heterocycles. The van der Waals surface area contributed by atoms with Crippen molar-refractivity contribution < 1.29 is 9.21 Å². The normalized spacial score (nSPS) is 16.2. The van der Waals surface area contributed by atoms with Crippen LogP contribution in [0.25, 0.3) is 11.1 Å². The molecule has 30 heavy (non-hydrogen) atoms. The van der Waals surface area contributed by atoms with Gasteiger partial charge in [-0.3, -0.25) is 4.79 Å². The quantitative estimate of drug-likeness (QED) is 0.614. The first-order valence-electron chi connectivity index (χ1n) is 9.90. The van der Waals surface area contributed by atoms with Crippen LogP contribution < -0.4 is 4.90 Å². The summed E-state index contributed by atoms with van der Waals surface area (Å²) in [5.41, 5.74) is 3.30.